The van der Waals surface area contributed by atoms with Gasteiger partial charge in [-0.1, -0.05) is 60.4 Å². The number of aliphatic carboxylic acids is 1. The van der Waals surface area contributed by atoms with E-state index in [0.717, 1.165) is 21.5 Å². The predicted molar refractivity (Wildman–Crippen MR) is 108 cm³/mol. The average molecular weight is 388 g/mol. The molecule has 7 heteroatoms. The van der Waals surface area contributed by atoms with Crippen LogP contribution in [0.1, 0.15) is 4.88 Å². The largest absolute Gasteiger partial charge is 0.480 e. The van der Waals surface area contributed by atoms with E-state index in [9.17, 15) is 9.59 Å². The fourth-order valence-corrected chi connectivity index (χ4v) is 4.41. The van der Waals surface area contributed by atoms with Crippen LogP contribution in [-0.2, 0) is 9.59 Å². The molecule has 126 valence electrons. The van der Waals surface area contributed by atoms with Gasteiger partial charge in [-0.25, -0.2) is 0 Å². The molecule has 1 aromatic carbocycles. The highest BCUT2D eigenvalue weighted by molar-refractivity contribution is 8.26. The van der Waals surface area contributed by atoms with Crippen LogP contribution in [0.2, 0.25) is 0 Å². The maximum atomic E-state index is 12.1. The number of carboxylic acid groups (broad SMARTS) is 1. The number of thiophene rings is 1. The number of carboxylic acids is 1. The number of carbonyl (C=O) groups excluding carboxylic acids is 1. The molecule has 1 saturated heterocycles. The Bertz CT molecular complexity index is 907. The Morgan fingerprint density at radius 1 is 1.24 bits per heavy atom. The highest BCUT2D eigenvalue weighted by atomic mass is 32.2. The van der Waals surface area contributed by atoms with Gasteiger partial charge in [-0.15, -0.1) is 11.3 Å². The molecule has 1 aliphatic heterocycles. The number of carbonyl (C=O) groups is 2. The summed E-state index contributed by atoms with van der Waals surface area (Å²) in [6.45, 7) is -0.405. The zero-order chi connectivity index (χ0) is 17.8. The van der Waals surface area contributed by atoms with Crippen molar-refractivity contribution in [3.05, 3.63) is 64.4 Å². The molecule has 1 N–H and O–H groups in total. The molecular weight excluding hydrogens is 374 g/mol. The SMILES string of the molecule is O=C(O)CN1C(=O)C(=CC=CC=Cc2cc3ccccc3s2)SC1=S. The van der Waals surface area contributed by atoms with Crippen molar-refractivity contribution in [2.45, 2.75) is 0 Å². The van der Waals surface area contributed by atoms with Gasteiger partial charge in [0, 0.05) is 9.58 Å². The first-order valence-corrected chi connectivity index (χ1v) is 9.38. The molecule has 1 fully saturated rings. The van der Waals surface area contributed by atoms with Crippen molar-refractivity contribution < 1.29 is 14.7 Å². The summed E-state index contributed by atoms with van der Waals surface area (Å²) < 4.78 is 1.51. The number of amides is 1. The van der Waals surface area contributed by atoms with Crippen molar-refractivity contribution in [2.24, 2.45) is 0 Å². The summed E-state index contributed by atoms with van der Waals surface area (Å²) >= 11 is 7.86. The Balaban J connectivity index is 1.64. The third-order valence-corrected chi connectivity index (χ3v) is 5.82. The van der Waals surface area contributed by atoms with E-state index in [-0.39, 0.29) is 10.2 Å². The second kappa shape index (κ2) is 7.77. The van der Waals surface area contributed by atoms with Crippen LogP contribution >= 0.6 is 35.3 Å². The van der Waals surface area contributed by atoms with Crippen molar-refractivity contribution in [1.82, 2.24) is 4.90 Å². The van der Waals surface area contributed by atoms with Crippen LogP contribution in [-0.4, -0.2) is 32.7 Å². The molecule has 3 rings (SSSR count). The summed E-state index contributed by atoms with van der Waals surface area (Å²) in [6.07, 6.45) is 9.13. The van der Waals surface area contributed by atoms with Gasteiger partial charge in [0.15, 0.2) is 0 Å². The fraction of sp³-hybridized carbons (Fsp3) is 0.0556. The van der Waals surface area contributed by atoms with E-state index < -0.39 is 12.5 Å². The Hall–Kier alpha value is -2.22. The standard InChI is InChI=1S/C18H13NO3S3/c20-16(21)11-19-17(22)15(25-18(19)23)9-3-1-2-7-13-10-12-6-4-5-8-14(12)24-13/h1-10H,11H2,(H,20,21). The van der Waals surface area contributed by atoms with Crippen molar-refractivity contribution in [2.75, 3.05) is 6.54 Å². The molecule has 1 aliphatic rings. The maximum absolute atomic E-state index is 12.1. The Labute approximate surface area is 158 Å². The van der Waals surface area contributed by atoms with Gasteiger partial charge in [0.25, 0.3) is 5.91 Å². The molecule has 2 heterocycles. The molecule has 1 amide bonds. The average Bonchev–Trinajstić information content (AvgIpc) is 3.10. The normalized spacial score (nSPS) is 17.0. The number of nitrogens with zero attached hydrogens (tertiary/aromatic N) is 1. The molecule has 25 heavy (non-hydrogen) atoms. The Morgan fingerprint density at radius 2 is 2.04 bits per heavy atom. The number of thiocarbonyl (C=S) groups is 1. The minimum absolute atomic E-state index is 0.271. The molecule has 1 aromatic heterocycles. The van der Waals surface area contributed by atoms with Gasteiger partial charge in [-0.3, -0.25) is 14.5 Å². The minimum Gasteiger partial charge on any atom is -0.480 e. The number of benzene rings is 1. The van der Waals surface area contributed by atoms with Crippen LogP contribution < -0.4 is 0 Å². The summed E-state index contributed by atoms with van der Waals surface area (Å²) in [5.74, 6) is -1.45. The summed E-state index contributed by atoms with van der Waals surface area (Å²) in [5, 5.41) is 10.0. The van der Waals surface area contributed by atoms with Crippen LogP contribution in [0.3, 0.4) is 0 Å². The van der Waals surface area contributed by atoms with Gasteiger partial charge in [0.05, 0.1) is 4.91 Å². The zero-order valence-corrected chi connectivity index (χ0v) is 15.4. The van der Waals surface area contributed by atoms with Crippen LogP contribution in [0.15, 0.2) is 59.5 Å². The third-order valence-electron chi connectivity index (χ3n) is 3.34. The van der Waals surface area contributed by atoms with Crippen LogP contribution in [0.5, 0.6) is 0 Å². The van der Waals surface area contributed by atoms with Crippen molar-refractivity contribution >= 4 is 67.7 Å². The summed E-state index contributed by atoms with van der Waals surface area (Å²) in [4.78, 5) is 25.5. The number of rotatable bonds is 5. The Kier molecular flexibility index (Phi) is 5.47. The molecule has 4 nitrogen and oxygen atoms in total. The molecule has 0 unspecified atom stereocenters. The van der Waals surface area contributed by atoms with Gasteiger partial charge >= 0.3 is 5.97 Å². The first-order valence-electron chi connectivity index (χ1n) is 7.33. The number of allylic oxidation sites excluding steroid dienone is 4. The number of thioether (sulfide) groups is 1. The van der Waals surface area contributed by atoms with Crippen molar-refractivity contribution in [3.63, 3.8) is 0 Å². The second-order valence-corrected chi connectivity index (χ2v) is 7.91. The molecular formula is C18H13NO3S3. The van der Waals surface area contributed by atoms with Crippen LogP contribution in [0.4, 0.5) is 0 Å². The lowest BCUT2D eigenvalue weighted by atomic mass is 10.2. The minimum atomic E-state index is -1.08. The Morgan fingerprint density at radius 3 is 2.80 bits per heavy atom. The van der Waals surface area contributed by atoms with E-state index >= 15 is 0 Å². The number of hydrogen-bond donors (Lipinski definition) is 1. The van der Waals surface area contributed by atoms with Gasteiger partial charge in [-0.05, 0) is 29.7 Å². The van der Waals surface area contributed by atoms with Crippen molar-refractivity contribution in [1.29, 1.82) is 0 Å². The molecule has 2 aromatic rings. The topological polar surface area (TPSA) is 57.6 Å². The van der Waals surface area contributed by atoms with Gasteiger partial charge in [0.1, 0.15) is 10.9 Å². The molecule has 0 aliphatic carbocycles. The predicted octanol–water partition coefficient (Wildman–Crippen LogP) is 4.30. The molecule has 0 spiro atoms. The smallest absolute Gasteiger partial charge is 0.323 e. The highest BCUT2D eigenvalue weighted by Crippen LogP contribution is 2.30. The number of fused-ring (bicyclic) bond motifs is 1. The molecule has 0 saturated carbocycles. The van der Waals surface area contributed by atoms with Crippen molar-refractivity contribution in [3.8, 4) is 0 Å². The lowest BCUT2D eigenvalue weighted by molar-refractivity contribution is -0.140. The summed E-state index contributed by atoms with van der Waals surface area (Å²) in [6, 6.07) is 10.3. The van der Waals surface area contributed by atoms with Crippen LogP contribution in [0, 0.1) is 0 Å². The van der Waals surface area contributed by atoms with E-state index in [1.807, 2.05) is 30.4 Å². The van der Waals surface area contributed by atoms with E-state index in [4.69, 9.17) is 17.3 Å². The zero-order valence-electron chi connectivity index (χ0n) is 12.9. The van der Waals surface area contributed by atoms with Crippen LogP contribution in [0.25, 0.3) is 16.2 Å². The van der Waals surface area contributed by atoms with Gasteiger partial charge in [0.2, 0.25) is 0 Å². The fourth-order valence-electron chi connectivity index (χ4n) is 2.23. The lowest BCUT2D eigenvalue weighted by Crippen LogP contribution is -2.33. The third kappa shape index (κ3) is 4.25. The first kappa shape index (κ1) is 17.6. The molecule has 0 atom stereocenters. The van der Waals surface area contributed by atoms with Gasteiger partial charge in [-0.2, -0.15) is 0 Å². The second-order valence-electron chi connectivity index (χ2n) is 5.11. The molecule has 0 radical (unpaired) electrons. The van der Waals surface area contributed by atoms with E-state index in [1.54, 1.807) is 23.5 Å². The van der Waals surface area contributed by atoms with E-state index in [0.29, 0.717) is 4.91 Å². The number of hydrogen-bond acceptors (Lipinski definition) is 5. The monoisotopic (exact) mass is 387 g/mol. The first-order chi connectivity index (χ1) is 12.0. The summed E-state index contributed by atoms with van der Waals surface area (Å²) in [7, 11) is 0. The maximum Gasteiger partial charge on any atom is 0.323 e. The van der Waals surface area contributed by atoms with Gasteiger partial charge < -0.3 is 5.11 Å². The van der Waals surface area contributed by atoms with E-state index in [2.05, 4.69) is 18.2 Å². The lowest BCUT2D eigenvalue weighted by Gasteiger charge is -2.09. The van der Waals surface area contributed by atoms with E-state index in [1.165, 1.54) is 10.1 Å². The highest BCUT2D eigenvalue weighted by Gasteiger charge is 2.32. The summed E-state index contributed by atoms with van der Waals surface area (Å²) in [5.41, 5.74) is 0. The molecule has 0 bridgehead atoms. The quantitative estimate of drug-likeness (QED) is 0.471.